The molecule has 0 aliphatic heterocycles. The minimum atomic E-state index is -4.12. The molecular weight excluding hydrogens is 241 g/mol. The quantitative estimate of drug-likeness (QED) is 0.795. The Labute approximate surface area is 109 Å². The second-order valence-corrected chi connectivity index (χ2v) is 6.37. The maximum Gasteiger partial charge on any atom is 0.401 e. The van der Waals surface area contributed by atoms with Gasteiger partial charge in [0.15, 0.2) is 0 Å². The summed E-state index contributed by atoms with van der Waals surface area (Å²) in [6.07, 6.45) is -4.12. The summed E-state index contributed by atoms with van der Waals surface area (Å²) in [5.74, 6) is 0.189. The number of hydrogen-bond donors (Lipinski definition) is 1. The van der Waals surface area contributed by atoms with E-state index >= 15 is 0 Å². The van der Waals surface area contributed by atoms with E-state index in [1.54, 1.807) is 13.8 Å². The molecule has 0 aromatic rings. The van der Waals surface area contributed by atoms with E-state index in [2.05, 4.69) is 26.1 Å². The van der Waals surface area contributed by atoms with E-state index in [1.807, 2.05) is 6.92 Å². The van der Waals surface area contributed by atoms with Gasteiger partial charge >= 0.3 is 6.18 Å². The van der Waals surface area contributed by atoms with Gasteiger partial charge in [-0.2, -0.15) is 13.2 Å². The molecule has 2 nitrogen and oxygen atoms in total. The second kappa shape index (κ2) is 6.75. The van der Waals surface area contributed by atoms with Crippen molar-refractivity contribution in [3.63, 3.8) is 0 Å². The molecule has 1 atom stereocenters. The Hall–Kier alpha value is -0.290. The average molecular weight is 268 g/mol. The van der Waals surface area contributed by atoms with Gasteiger partial charge in [-0.05, 0) is 47.1 Å². The van der Waals surface area contributed by atoms with Crippen molar-refractivity contribution in [2.75, 3.05) is 19.6 Å². The highest BCUT2D eigenvalue weighted by atomic mass is 19.4. The van der Waals surface area contributed by atoms with Gasteiger partial charge in [0.1, 0.15) is 0 Å². The third-order valence-electron chi connectivity index (χ3n) is 2.64. The fourth-order valence-corrected chi connectivity index (χ4v) is 1.63. The molecule has 0 aromatic heterocycles. The molecule has 0 aliphatic carbocycles. The molecule has 0 saturated heterocycles. The maximum atomic E-state index is 12.4. The monoisotopic (exact) mass is 268 g/mol. The first-order chi connectivity index (χ1) is 7.91. The number of nitrogens with one attached hydrogen (secondary N) is 1. The Morgan fingerprint density at radius 2 is 1.56 bits per heavy atom. The number of alkyl halides is 3. The molecule has 0 fully saturated rings. The summed E-state index contributed by atoms with van der Waals surface area (Å²) in [5, 5.41) is 3.32. The van der Waals surface area contributed by atoms with Gasteiger partial charge in [-0.25, -0.2) is 0 Å². The van der Waals surface area contributed by atoms with Crippen molar-refractivity contribution in [1.82, 2.24) is 10.2 Å². The number of nitrogens with zero attached hydrogens (tertiary/aromatic N) is 1. The van der Waals surface area contributed by atoms with Crippen LogP contribution >= 0.6 is 0 Å². The Morgan fingerprint density at radius 3 is 1.89 bits per heavy atom. The van der Waals surface area contributed by atoms with Crippen molar-refractivity contribution < 1.29 is 13.2 Å². The summed E-state index contributed by atoms with van der Waals surface area (Å²) in [6.45, 7) is 12.1. The Morgan fingerprint density at radius 1 is 1.06 bits per heavy atom. The normalized spacial score (nSPS) is 15.5. The van der Waals surface area contributed by atoms with Crippen LogP contribution in [0, 0.1) is 5.92 Å². The summed E-state index contributed by atoms with van der Waals surface area (Å²) < 4.78 is 37.3. The topological polar surface area (TPSA) is 15.3 Å². The SMILES string of the molecule is CC(CNC(C)(C)C)CN(CC(F)(F)F)C(C)C. The summed E-state index contributed by atoms with van der Waals surface area (Å²) in [6, 6.07) is -0.0938. The van der Waals surface area contributed by atoms with Gasteiger partial charge in [0.25, 0.3) is 0 Å². The lowest BCUT2D eigenvalue weighted by molar-refractivity contribution is -0.150. The van der Waals surface area contributed by atoms with E-state index in [1.165, 1.54) is 4.90 Å². The zero-order valence-corrected chi connectivity index (χ0v) is 12.4. The Kier molecular flexibility index (Phi) is 6.65. The van der Waals surface area contributed by atoms with Crippen LogP contribution in [-0.2, 0) is 0 Å². The van der Waals surface area contributed by atoms with Crippen LogP contribution in [0.2, 0.25) is 0 Å². The first-order valence-corrected chi connectivity index (χ1v) is 6.46. The van der Waals surface area contributed by atoms with Gasteiger partial charge in [0.05, 0.1) is 6.54 Å². The standard InChI is InChI=1S/C13H27F3N2/c1-10(2)18(9-13(14,15)16)8-11(3)7-17-12(4,5)6/h10-11,17H,7-9H2,1-6H3. The van der Waals surface area contributed by atoms with E-state index in [0.29, 0.717) is 6.54 Å². The molecule has 0 amide bonds. The van der Waals surface area contributed by atoms with Crippen molar-refractivity contribution in [2.24, 2.45) is 5.92 Å². The molecule has 5 heteroatoms. The maximum absolute atomic E-state index is 12.4. The minimum absolute atomic E-state index is 0.000940. The summed E-state index contributed by atoms with van der Waals surface area (Å²) in [4.78, 5) is 1.48. The molecule has 0 rings (SSSR count). The first kappa shape index (κ1) is 17.7. The van der Waals surface area contributed by atoms with Crippen LogP contribution in [0.25, 0.3) is 0 Å². The van der Waals surface area contributed by atoms with Gasteiger partial charge in [-0.1, -0.05) is 6.92 Å². The van der Waals surface area contributed by atoms with Gasteiger partial charge in [-0.15, -0.1) is 0 Å². The fraction of sp³-hybridized carbons (Fsp3) is 1.00. The molecule has 0 aromatic carbocycles. The van der Waals surface area contributed by atoms with Gasteiger partial charge < -0.3 is 5.32 Å². The molecule has 1 N–H and O–H groups in total. The second-order valence-electron chi connectivity index (χ2n) is 6.37. The highest BCUT2D eigenvalue weighted by Gasteiger charge is 2.32. The highest BCUT2D eigenvalue weighted by molar-refractivity contribution is 4.75. The summed E-state index contributed by atoms with van der Waals surface area (Å²) in [7, 11) is 0. The van der Waals surface area contributed by atoms with Crippen LogP contribution in [0.15, 0.2) is 0 Å². The minimum Gasteiger partial charge on any atom is -0.312 e. The predicted molar refractivity (Wildman–Crippen MR) is 69.7 cm³/mol. The Bertz CT molecular complexity index is 231. The lowest BCUT2D eigenvalue weighted by Crippen LogP contribution is -2.45. The van der Waals surface area contributed by atoms with E-state index in [-0.39, 0.29) is 17.5 Å². The van der Waals surface area contributed by atoms with E-state index in [0.717, 1.165) is 6.54 Å². The zero-order valence-electron chi connectivity index (χ0n) is 12.4. The average Bonchev–Trinajstić information content (AvgIpc) is 2.10. The first-order valence-electron chi connectivity index (χ1n) is 6.46. The highest BCUT2D eigenvalue weighted by Crippen LogP contribution is 2.19. The molecule has 0 saturated carbocycles. The van der Waals surface area contributed by atoms with Gasteiger partial charge in [0.2, 0.25) is 0 Å². The van der Waals surface area contributed by atoms with E-state index < -0.39 is 12.7 Å². The predicted octanol–water partition coefficient (Wildman–Crippen LogP) is 3.28. The third-order valence-corrected chi connectivity index (χ3v) is 2.64. The molecule has 0 radical (unpaired) electrons. The van der Waals surface area contributed by atoms with Gasteiger partial charge in [-0.3, -0.25) is 4.90 Å². The largest absolute Gasteiger partial charge is 0.401 e. The number of rotatable bonds is 6. The van der Waals surface area contributed by atoms with Crippen LogP contribution in [-0.4, -0.2) is 42.3 Å². The Balaban J connectivity index is 4.25. The lowest BCUT2D eigenvalue weighted by atomic mass is 10.1. The van der Waals surface area contributed by atoms with Crippen LogP contribution in [0.4, 0.5) is 13.2 Å². The number of hydrogen-bond acceptors (Lipinski definition) is 2. The zero-order chi connectivity index (χ0) is 14.6. The molecule has 110 valence electrons. The van der Waals surface area contributed by atoms with Crippen LogP contribution in [0.5, 0.6) is 0 Å². The van der Waals surface area contributed by atoms with Crippen molar-refractivity contribution >= 4 is 0 Å². The van der Waals surface area contributed by atoms with Crippen molar-refractivity contribution in [3.8, 4) is 0 Å². The van der Waals surface area contributed by atoms with Crippen LogP contribution < -0.4 is 5.32 Å². The van der Waals surface area contributed by atoms with Crippen molar-refractivity contribution in [1.29, 1.82) is 0 Å². The molecule has 0 spiro atoms. The number of halogens is 3. The molecule has 0 aliphatic rings. The molecule has 0 heterocycles. The van der Waals surface area contributed by atoms with E-state index in [9.17, 15) is 13.2 Å². The van der Waals surface area contributed by atoms with Crippen molar-refractivity contribution in [3.05, 3.63) is 0 Å². The fourth-order valence-electron chi connectivity index (χ4n) is 1.63. The molecule has 0 bridgehead atoms. The third kappa shape index (κ3) is 9.71. The van der Waals surface area contributed by atoms with Crippen LogP contribution in [0.3, 0.4) is 0 Å². The van der Waals surface area contributed by atoms with E-state index in [4.69, 9.17) is 0 Å². The van der Waals surface area contributed by atoms with Crippen molar-refractivity contribution in [2.45, 2.75) is 59.3 Å². The summed E-state index contributed by atoms with van der Waals surface area (Å²) >= 11 is 0. The smallest absolute Gasteiger partial charge is 0.312 e. The summed E-state index contributed by atoms with van der Waals surface area (Å²) in [5.41, 5.74) is 0.000940. The van der Waals surface area contributed by atoms with Gasteiger partial charge in [0, 0.05) is 18.1 Å². The molecular formula is C13H27F3N2. The molecule has 18 heavy (non-hydrogen) atoms. The molecule has 1 unspecified atom stereocenters. The lowest BCUT2D eigenvalue weighted by Gasteiger charge is -2.31. The van der Waals surface area contributed by atoms with Crippen LogP contribution in [0.1, 0.15) is 41.5 Å².